The Morgan fingerprint density at radius 1 is 1.39 bits per heavy atom. The molecule has 3 aliphatic rings. The number of fused-ring (bicyclic) bond motifs is 1. The first-order chi connectivity index (χ1) is 15.1. The van der Waals surface area contributed by atoms with Crippen molar-refractivity contribution in [2.75, 3.05) is 45.3 Å². The van der Waals surface area contributed by atoms with Crippen LogP contribution in [0.4, 0.5) is 10.1 Å². The maximum Gasteiger partial charge on any atom is 0.335 e. The molecular weight excluding hydrogens is 401 g/mol. The van der Waals surface area contributed by atoms with Crippen LogP contribution in [0.15, 0.2) is 12.1 Å². The summed E-state index contributed by atoms with van der Waals surface area (Å²) in [5.41, 5.74) is 2.82. The lowest BCUT2D eigenvalue weighted by Gasteiger charge is -2.29. The van der Waals surface area contributed by atoms with Crippen molar-refractivity contribution in [1.82, 2.24) is 16.0 Å². The van der Waals surface area contributed by atoms with Gasteiger partial charge in [-0.1, -0.05) is 6.08 Å². The highest BCUT2D eigenvalue weighted by Gasteiger charge is 2.41. The van der Waals surface area contributed by atoms with E-state index >= 15 is 4.39 Å². The summed E-state index contributed by atoms with van der Waals surface area (Å²) in [6, 6.07) is 1.89. The van der Waals surface area contributed by atoms with Gasteiger partial charge in [-0.05, 0) is 37.9 Å². The van der Waals surface area contributed by atoms with Crippen molar-refractivity contribution in [3.63, 3.8) is 0 Å². The Hall–Kier alpha value is -2.07. The van der Waals surface area contributed by atoms with E-state index in [4.69, 9.17) is 9.47 Å². The summed E-state index contributed by atoms with van der Waals surface area (Å²) in [5.74, 6) is 0.297. The number of anilines is 1. The first kappa shape index (κ1) is 22.1. The predicted octanol–water partition coefficient (Wildman–Crippen LogP) is 1.95. The summed E-state index contributed by atoms with van der Waals surface area (Å²) in [6.45, 7) is 5.30. The van der Waals surface area contributed by atoms with Crippen molar-refractivity contribution in [2.24, 2.45) is 0 Å². The van der Waals surface area contributed by atoms with Gasteiger partial charge in [0.25, 0.3) is 6.17 Å². The predicted molar refractivity (Wildman–Crippen MR) is 118 cm³/mol. The van der Waals surface area contributed by atoms with Crippen LogP contribution >= 0.6 is 0 Å². The molecule has 1 aromatic rings. The second-order valence-electron chi connectivity index (χ2n) is 8.41. The Labute approximate surface area is 182 Å². The summed E-state index contributed by atoms with van der Waals surface area (Å²) in [5, 5.41) is 12.9. The molecule has 0 spiro atoms. The molecule has 3 heterocycles. The van der Waals surface area contributed by atoms with Gasteiger partial charge < -0.3 is 20.1 Å². The molecule has 0 bridgehead atoms. The Bertz CT molecular complexity index is 847. The van der Waals surface area contributed by atoms with Crippen LogP contribution in [-0.4, -0.2) is 63.2 Å². The number of allylic oxidation sites excluding steroid dienone is 1. The van der Waals surface area contributed by atoms with Crippen LogP contribution in [0.5, 0.6) is 5.75 Å². The normalized spacial score (nSPS) is 26.1. The van der Waals surface area contributed by atoms with Crippen LogP contribution in [0.1, 0.15) is 37.3 Å². The van der Waals surface area contributed by atoms with E-state index < -0.39 is 6.29 Å². The fraction of sp³-hybridized carbons (Fsp3) is 0.636. The lowest BCUT2D eigenvalue weighted by Crippen LogP contribution is -2.61. The molecular formula is C22H33FN5O3+. The van der Waals surface area contributed by atoms with Crippen molar-refractivity contribution in [1.29, 1.82) is 0 Å². The van der Waals surface area contributed by atoms with Crippen LogP contribution in [0.3, 0.4) is 0 Å². The van der Waals surface area contributed by atoms with Gasteiger partial charge in [0.1, 0.15) is 5.75 Å². The van der Waals surface area contributed by atoms with Gasteiger partial charge in [0.2, 0.25) is 0 Å². The van der Waals surface area contributed by atoms with Crippen molar-refractivity contribution in [3.05, 3.63) is 34.0 Å². The van der Waals surface area contributed by atoms with E-state index in [1.54, 1.807) is 13.2 Å². The molecule has 8 nitrogen and oxygen atoms in total. The zero-order chi connectivity index (χ0) is 21.8. The van der Waals surface area contributed by atoms with E-state index in [1.807, 2.05) is 13.0 Å². The number of methoxy groups -OCH3 is 1. The molecule has 0 saturated carbocycles. The van der Waals surface area contributed by atoms with E-state index in [-0.39, 0.29) is 18.0 Å². The monoisotopic (exact) mass is 434 g/mol. The number of hydrogen-bond acceptors (Lipinski definition) is 7. The summed E-state index contributed by atoms with van der Waals surface area (Å²) >= 11 is 0. The van der Waals surface area contributed by atoms with Gasteiger partial charge in [0.15, 0.2) is 5.82 Å². The standard InChI is InChI=1S/C22H33FN5O3/c1-14-12-18(25-9-11-30-2)28(29)22(26-14)27-17-13-16-6-10-31-21(16)19(20(17)23)15-4-3-7-24-8-5-15/h5,13-14,18,22,24-27H,3-4,6-12H2,1-2H3/q+1. The van der Waals surface area contributed by atoms with Gasteiger partial charge in [0.05, 0.1) is 29.2 Å². The van der Waals surface area contributed by atoms with E-state index in [1.165, 1.54) is 0 Å². The smallest absolute Gasteiger partial charge is 0.335 e. The van der Waals surface area contributed by atoms with Crippen molar-refractivity contribution in [2.45, 2.75) is 51.1 Å². The Balaban J connectivity index is 1.60. The Morgan fingerprint density at radius 3 is 3.10 bits per heavy atom. The van der Waals surface area contributed by atoms with Gasteiger partial charge in [-0.15, -0.1) is 0 Å². The number of ether oxygens (including phenoxy) is 2. The molecule has 0 radical (unpaired) electrons. The topological polar surface area (TPSA) is 86.7 Å². The molecule has 9 heteroatoms. The minimum atomic E-state index is -0.740. The summed E-state index contributed by atoms with van der Waals surface area (Å²) in [4.78, 5) is 13.0. The van der Waals surface area contributed by atoms with E-state index in [0.29, 0.717) is 49.7 Å². The average molecular weight is 435 g/mol. The zero-order valence-electron chi connectivity index (χ0n) is 18.3. The lowest BCUT2D eigenvalue weighted by atomic mass is 9.96. The number of halogens is 1. The number of rotatable bonds is 7. The fourth-order valence-electron chi connectivity index (χ4n) is 4.52. The molecule has 3 aliphatic heterocycles. The number of nitroso groups, excluding NO2 is 1. The second kappa shape index (κ2) is 10.0. The molecule has 0 aromatic heterocycles. The molecule has 4 rings (SSSR count). The number of nitrogens with one attached hydrogen (secondary N) is 4. The summed E-state index contributed by atoms with van der Waals surface area (Å²) in [7, 11) is 1.63. The molecule has 1 aromatic carbocycles. The highest BCUT2D eigenvalue weighted by Crippen LogP contribution is 2.41. The SMILES string of the molecule is COCCNC1CC(C)NC(Nc2cc3c(c(C4=CCNCCC4)c2F)OCC3)[N+]1=O. The van der Waals surface area contributed by atoms with Crippen molar-refractivity contribution < 1.29 is 18.6 Å². The number of benzene rings is 1. The molecule has 1 fully saturated rings. The quantitative estimate of drug-likeness (QED) is 0.385. The van der Waals surface area contributed by atoms with E-state index in [9.17, 15) is 4.91 Å². The van der Waals surface area contributed by atoms with Crippen LogP contribution in [0.25, 0.3) is 5.57 Å². The highest BCUT2D eigenvalue weighted by molar-refractivity contribution is 5.77. The summed E-state index contributed by atoms with van der Waals surface area (Å²) in [6.07, 6.45) is 4.06. The van der Waals surface area contributed by atoms with Crippen LogP contribution in [-0.2, 0) is 11.2 Å². The molecule has 0 amide bonds. The van der Waals surface area contributed by atoms with Gasteiger partial charge in [-0.25, -0.2) is 9.71 Å². The molecule has 3 unspecified atom stereocenters. The third-order valence-corrected chi connectivity index (χ3v) is 6.08. The van der Waals surface area contributed by atoms with E-state index in [0.717, 1.165) is 41.7 Å². The third kappa shape index (κ3) is 4.90. The van der Waals surface area contributed by atoms with Gasteiger partial charge in [-0.3, -0.25) is 5.32 Å². The molecule has 170 valence electrons. The number of nitrogens with zero attached hydrogens (tertiary/aromatic N) is 1. The maximum absolute atomic E-state index is 15.8. The van der Waals surface area contributed by atoms with Crippen LogP contribution in [0.2, 0.25) is 0 Å². The van der Waals surface area contributed by atoms with Gasteiger partial charge >= 0.3 is 6.29 Å². The molecule has 1 saturated heterocycles. The number of hydrogen-bond donors (Lipinski definition) is 4. The first-order valence-electron chi connectivity index (χ1n) is 11.2. The Morgan fingerprint density at radius 2 is 2.26 bits per heavy atom. The first-order valence-corrected chi connectivity index (χ1v) is 11.2. The lowest BCUT2D eigenvalue weighted by molar-refractivity contribution is -0.637. The van der Waals surface area contributed by atoms with E-state index in [2.05, 4.69) is 21.3 Å². The molecule has 3 atom stereocenters. The average Bonchev–Trinajstić information content (AvgIpc) is 3.04. The molecule has 0 aliphatic carbocycles. The largest absolute Gasteiger partial charge is 0.492 e. The minimum Gasteiger partial charge on any atom is -0.492 e. The minimum absolute atomic E-state index is 0.0960. The van der Waals surface area contributed by atoms with Crippen LogP contribution < -0.4 is 26.0 Å². The zero-order valence-corrected chi connectivity index (χ0v) is 18.3. The Kier molecular flexibility index (Phi) is 7.16. The fourth-order valence-corrected chi connectivity index (χ4v) is 4.52. The van der Waals surface area contributed by atoms with Gasteiger partial charge in [-0.2, -0.15) is 0 Å². The maximum atomic E-state index is 15.8. The van der Waals surface area contributed by atoms with Crippen molar-refractivity contribution >= 4 is 11.3 Å². The van der Waals surface area contributed by atoms with Gasteiger partial charge in [0, 0.05) is 49.6 Å². The second-order valence-corrected chi connectivity index (χ2v) is 8.41. The third-order valence-electron chi connectivity index (χ3n) is 6.08. The molecule has 4 N–H and O–H groups in total. The van der Waals surface area contributed by atoms with Crippen molar-refractivity contribution in [3.8, 4) is 5.75 Å². The van der Waals surface area contributed by atoms with Crippen LogP contribution in [0, 0.1) is 10.7 Å². The highest BCUT2D eigenvalue weighted by atomic mass is 19.1. The molecule has 31 heavy (non-hydrogen) atoms. The summed E-state index contributed by atoms with van der Waals surface area (Å²) < 4.78 is 27.6.